The Kier molecular flexibility index (Phi) is 5.62. The van der Waals surface area contributed by atoms with Gasteiger partial charge in [-0.25, -0.2) is 4.79 Å². The molecule has 0 aliphatic rings. The first-order chi connectivity index (χ1) is 9.08. The maximum Gasteiger partial charge on any atom is 0.328 e. The molecule has 0 aromatic heterocycles. The van der Waals surface area contributed by atoms with Crippen molar-refractivity contribution in [3.63, 3.8) is 0 Å². The van der Waals surface area contributed by atoms with Crippen molar-refractivity contribution >= 4 is 17.7 Å². The summed E-state index contributed by atoms with van der Waals surface area (Å²) >= 11 is 0. The Labute approximate surface area is 113 Å². The summed E-state index contributed by atoms with van der Waals surface area (Å²) in [6.07, 6.45) is 3.19. The number of aryl methyl sites for hydroxylation is 1. The monoisotopic (exact) mass is 258 g/mol. The topological polar surface area (TPSA) is 64.3 Å². The van der Waals surface area contributed by atoms with E-state index in [4.69, 9.17) is 10.4 Å². The Morgan fingerprint density at radius 1 is 1.53 bits per heavy atom. The maximum atomic E-state index is 10.5. The van der Waals surface area contributed by atoms with Crippen LogP contribution in [0.2, 0.25) is 0 Å². The van der Waals surface area contributed by atoms with Crippen molar-refractivity contribution in [1.82, 2.24) is 0 Å². The molecule has 1 N–H and O–H groups in total. The second-order valence-electron chi connectivity index (χ2n) is 4.21. The molecule has 4 heteroatoms. The lowest BCUT2D eigenvalue weighted by Gasteiger charge is -2.24. The zero-order valence-corrected chi connectivity index (χ0v) is 11.3. The smallest absolute Gasteiger partial charge is 0.328 e. The highest BCUT2D eigenvalue weighted by atomic mass is 16.4. The quantitative estimate of drug-likeness (QED) is 0.797. The van der Waals surface area contributed by atoms with E-state index in [1.807, 2.05) is 25.1 Å². The van der Waals surface area contributed by atoms with Crippen LogP contribution in [-0.4, -0.2) is 24.2 Å². The summed E-state index contributed by atoms with van der Waals surface area (Å²) in [4.78, 5) is 12.6. The van der Waals surface area contributed by atoms with E-state index < -0.39 is 5.97 Å². The summed E-state index contributed by atoms with van der Waals surface area (Å²) in [7, 11) is 0. The van der Waals surface area contributed by atoms with Crippen LogP contribution in [0.25, 0.3) is 6.08 Å². The Morgan fingerprint density at radius 2 is 2.26 bits per heavy atom. The standard InChI is InChI=1S/C15H18N2O2/c1-3-17(10-4-9-16)14-7-5-13(11-12(14)2)6-8-15(18)19/h5-8,11H,3-4,10H2,1-2H3,(H,18,19)/b8-6+. The van der Waals surface area contributed by atoms with E-state index in [0.29, 0.717) is 13.0 Å². The van der Waals surface area contributed by atoms with Crippen molar-refractivity contribution in [3.8, 4) is 6.07 Å². The number of anilines is 1. The molecule has 0 atom stereocenters. The SMILES string of the molecule is CCN(CCC#N)c1ccc(/C=C/C(=O)O)cc1C. The van der Waals surface area contributed by atoms with Crippen LogP contribution in [0.15, 0.2) is 24.3 Å². The molecule has 100 valence electrons. The predicted molar refractivity (Wildman–Crippen MR) is 76.0 cm³/mol. The number of hydrogen-bond acceptors (Lipinski definition) is 3. The molecule has 0 bridgehead atoms. The lowest BCUT2D eigenvalue weighted by atomic mass is 10.1. The van der Waals surface area contributed by atoms with Gasteiger partial charge in [0.05, 0.1) is 12.5 Å². The third kappa shape index (κ3) is 4.47. The van der Waals surface area contributed by atoms with Gasteiger partial charge in [-0.05, 0) is 43.2 Å². The molecule has 0 saturated carbocycles. The predicted octanol–water partition coefficient (Wildman–Crippen LogP) is 2.83. The van der Waals surface area contributed by atoms with Gasteiger partial charge in [0.1, 0.15) is 0 Å². The van der Waals surface area contributed by atoms with Crippen molar-refractivity contribution in [2.45, 2.75) is 20.3 Å². The van der Waals surface area contributed by atoms with Gasteiger partial charge in [-0.2, -0.15) is 5.26 Å². The Balaban J connectivity index is 2.92. The Bertz CT molecular complexity index is 515. The number of nitriles is 1. The van der Waals surface area contributed by atoms with Crippen LogP contribution in [-0.2, 0) is 4.79 Å². The summed E-state index contributed by atoms with van der Waals surface area (Å²) in [5.41, 5.74) is 3.03. The first-order valence-electron chi connectivity index (χ1n) is 6.22. The molecule has 0 aliphatic heterocycles. The Hall–Kier alpha value is -2.28. The zero-order valence-electron chi connectivity index (χ0n) is 11.3. The minimum atomic E-state index is -0.953. The fourth-order valence-corrected chi connectivity index (χ4v) is 1.94. The van der Waals surface area contributed by atoms with Crippen molar-refractivity contribution in [2.75, 3.05) is 18.0 Å². The number of hydrogen-bond donors (Lipinski definition) is 1. The fraction of sp³-hybridized carbons (Fsp3) is 0.333. The van der Waals surface area contributed by atoms with Gasteiger partial charge in [0.15, 0.2) is 0 Å². The molecule has 0 radical (unpaired) electrons. The summed E-state index contributed by atoms with van der Waals surface area (Å²) < 4.78 is 0. The first-order valence-corrected chi connectivity index (χ1v) is 6.22. The molecule has 19 heavy (non-hydrogen) atoms. The number of benzene rings is 1. The van der Waals surface area contributed by atoms with Crippen LogP contribution in [0.3, 0.4) is 0 Å². The molecule has 1 rings (SSSR count). The molecule has 0 unspecified atom stereocenters. The van der Waals surface area contributed by atoms with Crippen molar-refractivity contribution in [3.05, 3.63) is 35.4 Å². The van der Waals surface area contributed by atoms with Gasteiger partial charge in [0, 0.05) is 24.9 Å². The van der Waals surface area contributed by atoms with Crippen LogP contribution in [0.5, 0.6) is 0 Å². The third-order valence-electron chi connectivity index (χ3n) is 2.86. The molecular weight excluding hydrogens is 240 g/mol. The molecule has 1 aromatic rings. The summed E-state index contributed by atoms with van der Waals surface area (Å²) in [6, 6.07) is 7.95. The van der Waals surface area contributed by atoms with Crippen LogP contribution in [0, 0.1) is 18.3 Å². The van der Waals surface area contributed by atoms with Gasteiger partial charge in [0.2, 0.25) is 0 Å². The number of nitrogens with zero attached hydrogens (tertiary/aromatic N) is 2. The van der Waals surface area contributed by atoms with Gasteiger partial charge < -0.3 is 10.0 Å². The molecule has 0 fully saturated rings. The number of aliphatic carboxylic acids is 1. The number of carboxylic acids is 1. The first kappa shape index (κ1) is 14.8. The van der Waals surface area contributed by atoms with Crippen molar-refractivity contribution < 1.29 is 9.90 Å². The lowest BCUT2D eigenvalue weighted by molar-refractivity contribution is -0.131. The number of carboxylic acid groups (broad SMARTS) is 1. The molecule has 0 heterocycles. The minimum Gasteiger partial charge on any atom is -0.478 e. The maximum absolute atomic E-state index is 10.5. The molecule has 4 nitrogen and oxygen atoms in total. The average Bonchev–Trinajstić information content (AvgIpc) is 2.39. The van der Waals surface area contributed by atoms with Crippen LogP contribution in [0.1, 0.15) is 24.5 Å². The van der Waals surface area contributed by atoms with E-state index in [0.717, 1.165) is 29.4 Å². The van der Waals surface area contributed by atoms with E-state index in [-0.39, 0.29) is 0 Å². The van der Waals surface area contributed by atoms with Crippen LogP contribution >= 0.6 is 0 Å². The summed E-state index contributed by atoms with van der Waals surface area (Å²) in [5, 5.41) is 17.2. The number of carbonyl (C=O) groups is 1. The largest absolute Gasteiger partial charge is 0.478 e. The van der Waals surface area contributed by atoms with Crippen LogP contribution < -0.4 is 4.90 Å². The van der Waals surface area contributed by atoms with Crippen LogP contribution in [0.4, 0.5) is 5.69 Å². The van der Waals surface area contributed by atoms with Gasteiger partial charge in [0.25, 0.3) is 0 Å². The molecule has 0 amide bonds. The molecule has 0 saturated heterocycles. The van der Waals surface area contributed by atoms with E-state index >= 15 is 0 Å². The average molecular weight is 258 g/mol. The minimum absolute atomic E-state index is 0.494. The van der Waals surface area contributed by atoms with Gasteiger partial charge >= 0.3 is 5.97 Å². The van der Waals surface area contributed by atoms with Gasteiger partial charge in [-0.15, -0.1) is 0 Å². The fourth-order valence-electron chi connectivity index (χ4n) is 1.94. The second kappa shape index (κ2) is 7.22. The summed E-state index contributed by atoms with van der Waals surface area (Å²) in [6.45, 7) is 5.59. The molecule has 0 aliphatic carbocycles. The second-order valence-corrected chi connectivity index (χ2v) is 4.21. The number of rotatable bonds is 6. The van der Waals surface area contributed by atoms with Crippen molar-refractivity contribution in [1.29, 1.82) is 5.26 Å². The van der Waals surface area contributed by atoms with E-state index in [1.165, 1.54) is 0 Å². The Morgan fingerprint density at radius 3 is 2.79 bits per heavy atom. The van der Waals surface area contributed by atoms with Gasteiger partial charge in [-0.1, -0.05) is 6.07 Å². The van der Waals surface area contributed by atoms with Crippen molar-refractivity contribution in [2.24, 2.45) is 0 Å². The highest BCUT2D eigenvalue weighted by molar-refractivity contribution is 5.85. The van der Waals surface area contributed by atoms with E-state index in [9.17, 15) is 4.79 Å². The molecular formula is C15H18N2O2. The van der Waals surface area contributed by atoms with E-state index in [1.54, 1.807) is 6.08 Å². The van der Waals surface area contributed by atoms with E-state index in [2.05, 4.69) is 17.9 Å². The summed E-state index contributed by atoms with van der Waals surface area (Å²) in [5.74, 6) is -0.953. The zero-order chi connectivity index (χ0) is 14.3. The highest BCUT2D eigenvalue weighted by Crippen LogP contribution is 2.22. The lowest BCUT2D eigenvalue weighted by Crippen LogP contribution is -2.24. The molecule has 1 aromatic carbocycles. The molecule has 0 spiro atoms. The normalized spacial score (nSPS) is 10.4. The third-order valence-corrected chi connectivity index (χ3v) is 2.86. The van der Waals surface area contributed by atoms with Gasteiger partial charge in [-0.3, -0.25) is 0 Å². The highest BCUT2D eigenvalue weighted by Gasteiger charge is 2.07.